The van der Waals surface area contributed by atoms with E-state index in [2.05, 4.69) is 34.7 Å². The first-order valence-corrected chi connectivity index (χ1v) is 9.88. The highest BCUT2D eigenvalue weighted by Crippen LogP contribution is 2.30. The van der Waals surface area contributed by atoms with Gasteiger partial charge in [0.25, 0.3) is 5.91 Å². The lowest BCUT2D eigenvalue weighted by Crippen LogP contribution is -2.43. The van der Waals surface area contributed by atoms with E-state index in [0.29, 0.717) is 17.8 Å². The number of carbonyl (C=O) groups is 2. The number of morpholine rings is 1. The molecule has 2 unspecified atom stereocenters. The fourth-order valence-electron chi connectivity index (χ4n) is 3.43. The summed E-state index contributed by atoms with van der Waals surface area (Å²) in [6.07, 6.45) is 1.83. The van der Waals surface area contributed by atoms with Crippen LogP contribution in [-0.2, 0) is 9.53 Å². The molecule has 1 fully saturated rings. The summed E-state index contributed by atoms with van der Waals surface area (Å²) in [6.45, 7) is 9.23. The molecule has 1 aromatic carbocycles. The van der Waals surface area contributed by atoms with E-state index in [0.717, 1.165) is 51.4 Å². The van der Waals surface area contributed by atoms with Crippen LogP contribution in [0.4, 0.5) is 11.4 Å². The maximum atomic E-state index is 12.4. The molecule has 148 valence electrons. The maximum Gasteiger partial charge on any atom is 0.251 e. The first kappa shape index (κ1) is 19.6. The minimum absolute atomic E-state index is 0.0417. The minimum atomic E-state index is -0.234. The molecule has 3 rings (SSSR count). The molecule has 0 bridgehead atoms. The molecule has 0 spiro atoms. The first-order chi connectivity index (χ1) is 13.1. The van der Waals surface area contributed by atoms with Crippen molar-refractivity contribution >= 4 is 23.2 Å². The third-order valence-electron chi connectivity index (χ3n) is 5.39. The van der Waals surface area contributed by atoms with Crippen LogP contribution >= 0.6 is 0 Å². The van der Waals surface area contributed by atoms with E-state index in [4.69, 9.17) is 4.74 Å². The second-order valence-corrected chi connectivity index (χ2v) is 7.32. The number of carbonyl (C=O) groups excluding carboxylic acids is 2. The molecular formula is C20H30N4O3. The van der Waals surface area contributed by atoms with Crippen LogP contribution in [0.2, 0.25) is 0 Å². The van der Waals surface area contributed by atoms with Crippen molar-refractivity contribution < 1.29 is 14.3 Å². The van der Waals surface area contributed by atoms with Crippen molar-refractivity contribution in [2.45, 2.75) is 32.7 Å². The largest absolute Gasteiger partial charge is 0.379 e. The molecule has 2 amide bonds. The highest BCUT2D eigenvalue weighted by atomic mass is 16.5. The molecule has 0 saturated carbocycles. The lowest BCUT2D eigenvalue weighted by Gasteiger charge is -2.30. The Morgan fingerprint density at radius 3 is 2.85 bits per heavy atom. The highest BCUT2D eigenvalue weighted by Gasteiger charge is 2.29. The predicted molar refractivity (Wildman–Crippen MR) is 106 cm³/mol. The van der Waals surface area contributed by atoms with Gasteiger partial charge in [-0.15, -0.1) is 0 Å². The molecule has 2 aliphatic rings. The van der Waals surface area contributed by atoms with Gasteiger partial charge in [-0.2, -0.15) is 0 Å². The van der Waals surface area contributed by atoms with E-state index < -0.39 is 0 Å². The van der Waals surface area contributed by atoms with Crippen LogP contribution in [0.25, 0.3) is 0 Å². The topological polar surface area (TPSA) is 82.7 Å². The zero-order chi connectivity index (χ0) is 19.2. The van der Waals surface area contributed by atoms with Crippen LogP contribution in [0, 0.1) is 5.92 Å². The predicted octanol–water partition coefficient (Wildman–Crippen LogP) is 1.92. The van der Waals surface area contributed by atoms with Gasteiger partial charge in [0.2, 0.25) is 5.91 Å². The van der Waals surface area contributed by atoms with Crippen LogP contribution in [-0.4, -0.2) is 62.1 Å². The fraction of sp³-hybridized carbons (Fsp3) is 0.600. The Kier molecular flexibility index (Phi) is 6.68. The van der Waals surface area contributed by atoms with Crippen LogP contribution in [0.3, 0.4) is 0 Å². The Morgan fingerprint density at radius 1 is 1.33 bits per heavy atom. The van der Waals surface area contributed by atoms with E-state index in [9.17, 15) is 9.59 Å². The number of hydrogen-bond donors (Lipinski definition) is 3. The number of ether oxygens (including phenoxy) is 1. The number of nitrogens with zero attached hydrogens (tertiary/aromatic N) is 1. The molecule has 1 aromatic rings. The number of benzene rings is 1. The fourth-order valence-corrected chi connectivity index (χ4v) is 3.43. The molecular weight excluding hydrogens is 344 g/mol. The Labute approximate surface area is 160 Å². The van der Waals surface area contributed by atoms with Crippen molar-refractivity contribution in [2.24, 2.45) is 5.92 Å². The van der Waals surface area contributed by atoms with Crippen LogP contribution in [0.5, 0.6) is 0 Å². The zero-order valence-electron chi connectivity index (χ0n) is 16.2. The normalized spacial score (nSPS) is 21.0. The first-order valence-electron chi connectivity index (χ1n) is 9.88. The van der Waals surface area contributed by atoms with Gasteiger partial charge in [-0.25, -0.2) is 0 Å². The Balaban J connectivity index is 1.51. The van der Waals surface area contributed by atoms with E-state index >= 15 is 0 Å². The van der Waals surface area contributed by atoms with Crippen molar-refractivity contribution in [2.75, 3.05) is 50.0 Å². The Hall–Kier alpha value is -2.12. The SMILES string of the molecule is CCC(C)C1Nc2ccc(C(=O)NCCCN3CCOCC3)cc2NC1=O. The average Bonchev–Trinajstić information content (AvgIpc) is 2.70. The molecule has 3 N–H and O–H groups in total. The third-order valence-corrected chi connectivity index (χ3v) is 5.39. The van der Waals surface area contributed by atoms with Crippen LogP contribution in [0.15, 0.2) is 18.2 Å². The third kappa shape index (κ3) is 4.99. The number of anilines is 2. The number of nitrogens with one attached hydrogen (secondary N) is 3. The van der Waals surface area contributed by atoms with Crippen LogP contribution < -0.4 is 16.0 Å². The average molecular weight is 374 g/mol. The molecule has 2 heterocycles. The summed E-state index contributed by atoms with van der Waals surface area (Å²) in [5.74, 6) is 0.0885. The van der Waals surface area contributed by atoms with E-state index in [1.54, 1.807) is 12.1 Å². The van der Waals surface area contributed by atoms with Gasteiger partial charge in [0.05, 0.1) is 24.6 Å². The van der Waals surface area contributed by atoms with Gasteiger partial charge in [0, 0.05) is 25.2 Å². The molecule has 1 saturated heterocycles. The number of hydrogen-bond acceptors (Lipinski definition) is 5. The molecule has 2 aliphatic heterocycles. The Morgan fingerprint density at radius 2 is 2.11 bits per heavy atom. The van der Waals surface area contributed by atoms with E-state index in [1.165, 1.54) is 0 Å². The quantitative estimate of drug-likeness (QED) is 0.635. The van der Waals surface area contributed by atoms with Gasteiger partial charge in [-0.05, 0) is 37.1 Å². The maximum absolute atomic E-state index is 12.4. The monoisotopic (exact) mass is 374 g/mol. The van der Waals surface area contributed by atoms with E-state index in [-0.39, 0.29) is 23.8 Å². The highest BCUT2D eigenvalue weighted by molar-refractivity contribution is 6.05. The molecule has 7 nitrogen and oxygen atoms in total. The summed E-state index contributed by atoms with van der Waals surface area (Å²) in [5.41, 5.74) is 2.09. The molecule has 0 aliphatic carbocycles. The summed E-state index contributed by atoms with van der Waals surface area (Å²) >= 11 is 0. The number of rotatable bonds is 7. The smallest absolute Gasteiger partial charge is 0.251 e. The van der Waals surface area contributed by atoms with Gasteiger partial charge in [0.15, 0.2) is 0 Å². The van der Waals surface area contributed by atoms with Gasteiger partial charge < -0.3 is 20.7 Å². The van der Waals surface area contributed by atoms with Crippen molar-refractivity contribution in [3.05, 3.63) is 23.8 Å². The molecule has 2 atom stereocenters. The van der Waals surface area contributed by atoms with Crippen molar-refractivity contribution in [3.63, 3.8) is 0 Å². The lowest BCUT2D eigenvalue weighted by atomic mass is 9.95. The van der Waals surface area contributed by atoms with Crippen molar-refractivity contribution in [3.8, 4) is 0 Å². The number of amides is 2. The molecule has 0 radical (unpaired) electrons. The van der Waals surface area contributed by atoms with Crippen molar-refractivity contribution in [1.29, 1.82) is 0 Å². The second kappa shape index (κ2) is 9.19. The summed E-state index contributed by atoms with van der Waals surface area (Å²) in [5, 5.41) is 9.19. The molecule has 27 heavy (non-hydrogen) atoms. The lowest BCUT2D eigenvalue weighted by molar-refractivity contribution is -0.118. The standard InChI is InChI=1S/C20H30N4O3/c1-3-14(2)18-20(26)23-17-13-15(5-6-16(17)22-18)19(25)21-7-4-8-24-9-11-27-12-10-24/h5-6,13-14,18,22H,3-4,7-12H2,1-2H3,(H,21,25)(H,23,26). The summed E-state index contributed by atoms with van der Waals surface area (Å²) in [4.78, 5) is 27.1. The summed E-state index contributed by atoms with van der Waals surface area (Å²) < 4.78 is 5.33. The summed E-state index contributed by atoms with van der Waals surface area (Å²) in [6, 6.07) is 5.17. The second-order valence-electron chi connectivity index (χ2n) is 7.32. The summed E-state index contributed by atoms with van der Waals surface area (Å²) in [7, 11) is 0. The van der Waals surface area contributed by atoms with E-state index in [1.807, 2.05) is 6.07 Å². The van der Waals surface area contributed by atoms with Crippen LogP contribution in [0.1, 0.15) is 37.0 Å². The van der Waals surface area contributed by atoms with Gasteiger partial charge in [-0.3, -0.25) is 14.5 Å². The molecule has 7 heteroatoms. The van der Waals surface area contributed by atoms with Gasteiger partial charge in [0.1, 0.15) is 6.04 Å². The van der Waals surface area contributed by atoms with Gasteiger partial charge in [-0.1, -0.05) is 20.3 Å². The van der Waals surface area contributed by atoms with Gasteiger partial charge >= 0.3 is 0 Å². The number of fused-ring (bicyclic) bond motifs is 1. The Bertz CT molecular complexity index is 673. The zero-order valence-corrected chi connectivity index (χ0v) is 16.2. The molecule has 0 aromatic heterocycles. The minimum Gasteiger partial charge on any atom is -0.379 e. The van der Waals surface area contributed by atoms with Crippen molar-refractivity contribution in [1.82, 2.24) is 10.2 Å².